The number of carbonyl (C=O) groups excluding carboxylic acids is 6. The van der Waals surface area contributed by atoms with E-state index >= 15 is 0 Å². The average Bonchev–Trinajstić information content (AvgIpc) is 2.47. The molecule has 8 heteroatoms. The van der Waals surface area contributed by atoms with Crippen molar-refractivity contribution in [2.75, 3.05) is 13.1 Å². The zero-order valence-electron chi connectivity index (χ0n) is 11.6. The molecule has 8 nitrogen and oxygen atoms in total. The Morgan fingerprint density at radius 3 is 1.95 bits per heavy atom. The molecule has 0 aliphatic heterocycles. The van der Waals surface area contributed by atoms with Gasteiger partial charge in [-0.05, 0) is 6.42 Å². The summed E-state index contributed by atoms with van der Waals surface area (Å²) in [6.07, 6.45) is 1.31. The van der Waals surface area contributed by atoms with Crippen molar-refractivity contribution in [3.8, 4) is 0 Å². The van der Waals surface area contributed by atoms with E-state index in [0.29, 0.717) is 12.6 Å². The molecule has 0 fully saturated rings. The predicted octanol–water partition coefficient (Wildman–Crippen LogP) is -1.29. The van der Waals surface area contributed by atoms with Crippen molar-refractivity contribution in [3.63, 3.8) is 0 Å². The Balaban J connectivity index is 3.77. The van der Waals surface area contributed by atoms with Gasteiger partial charge in [-0.3, -0.25) is 19.2 Å². The average molecular weight is 298 g/mol. The number of Topliss-reactive ketones (excluding diaryl/α,β-unsaturated/α-hetero) is 2. The summed E-state index contributed by atoms with van der Waals surface area (Å²) < 4.78 is 0. The van der Waals surface area contributed by atoms with Crippen LogP contribution in [0.15, 0.2) is 0 Å². The zero-order valence-corrected chi connectivity index (χ0v) is 11.6. The van der Waals surface area contributed by atoms with Crippen molar-refractivity contribution >= 4 is 36.0 Å². The highest BCUT2D eigenvalue weighted by Gasteiger charge is 2.14. The molecule has 2 N–H and O–H groups in total. The summed E-state index contributed by atoms with van der Waals surface area (Å²) in [5.41, 5.74) is 0. The van der Waals surface area contributed by atoms with Gasteiger partial charge in [0, 0.05) is 25.7 Å². The van der Waals surface area contributed by atoms with Gasteiger partial charge in [-0.2, -0.15) is 0 Å². The molecule has 0 saturated heterocycles. The van der Waals surface area contributed by atoms with Crippen LogP contribution < -0.4 is 10.6 Å². The van der Waals surface area contributed by atoms with Gasteiger partial charge in [0.05, 0.1) is 13.1 Å². The largest absolute Gasteiger partial charge is 0.349 e. The number of rotatable bonds is 12. The third-order valence-electron chi connectivity index (χ3n) is 2.44. The van der Waals surface area contributed by atoms with Crippen LogP contribution in [0.1, 0.15) is 32.1 Å². The van der Waals surface area contributed by atoms with Crippen molar-refractivity contribution in [2.24, 2.45) is 0 Å². The molecule has 0 bridgehead atoms. The Bertz CT molecular complexity index is 419. The molecule has 0 radical (unpaired) electrons. The molecule has 0 aromatic rings. The Labute approximate surface area is 121 Å². The van der Waals surface area contributed by atoms with Gasteiger partial charge >= 0.3 is 0 Å². The molecule has 0 aliphatic rings. The summed E-state index contributed by atoms with van der Waals surface area (Å²) >= 11 is 0. The quantitative estimate of drug-likeness (QED) is 0.341. The zero-order chi connectivity index (χ0) is 16.1. The van der Waals surface area contributed by atoms with E-state index in [4.69, 9.17) is 0 Å². The van der Waals surface area contributed by atoms with E-state index in [2.05, 4.69) is 10.6 Å². The normalized spacial score (nSPS) is 9.52. The summed E-state index contributed by atoms with van der Waals surface area (Å²) in [4.78, 5) is 65.0. The number of hydrogen-bond donors (Lipinski definition) is 2. The first-order chi connectivity index (χ1) is 10.0. The van der Waals surface area contributed by atoms with Gasteiger partial charge in [0.1, 0.15) is 12.6 Å². The van der Waals surface area contributed by atoms with Crippen LogP contribution in [0.4, 0.5) is 0 Å². The fraction of sp³-hybridized carbons (Fsp3) is 0.538. The Morgan fingerprint density at radius 2 is 1.38 bits per heavy atom. The molecule has 0 spiro atoms. The topological polar surface area (TPSA) is 126 Å². The molecule has 0 aliphatic carbocycles. The fourth-order valence-corrected chi connectivity index (χ4v) is 1.35. The lowest BCUT2D eigenvalue weighted by Crippen LogP contribution is -2.33. The fourth-order valence-electron chi connectivity index (χ4n) is 1.35. The highest BCUT2D eigenvalue weighted by atomic mass is 16.2. The van der Waals surface area contributed by atoms with Crippen LogP contribution in [0.5, 0.6) is 0 Å². The minimum atomic E-state index is -0.756. The number of hydrogen-bond acceptors (Lipinski definition) is 6. The molecule has 0 rings (SSSR count). The highest BCUT2D eigenvalue weighted by molar-refractivity contribution is 6.38. The third kappa shape index (κ3) is 10.1. The summed E-state index contributed by atoms with van der Waals surface area (Å²) in [5, 5.41) is 4.60. The lowest BCUT2D eigenvalue weighted by atomic mass is 10.1. The molecule has 116 valence electrons. The van der Waals surface area contributed by atoms with Crippen LogP contribution in [-0.4, -0.2) is 49.0 Å². The maximum absolute atomic E-state index is 11.4. The molecule has 0 unspecified atom stereocenters. The first-order valence-electron chi connectivity index (χ1n) is 6.48. The molecule has 0 heterocycles. The van der Waals surface area contributed by atoms with E-state index in [1.165, 1.54) is 0 Å². The molecule has 21 heavy (non-hydrogen) atoms. The van der Waals surface area contributed by atoms with Gasteiger partial charge in [-0.1, -0.05) is 0 Å². The SMILES string of the molecule is O=CCCC(=O)C(=O)CNC(=O)CCCC(=O)NCC=O. The first kappa shape index (κ1) is 18.6. The van der Waals surface area contributed by atoms with Gasteiger partial charge in [0.25, 0.3) is 0 Å². The number of carbonyl (C=O) groups is 6. The lowest BCUT2D eigenvalue weighted by Gasteiger charge is -2.04. The maximum Gasteiger partial charge on any atom is 0.220 e. The Hall–Kier alpha value is -2.38. The molecular formula is C13H18N2O6. The Morgan fingerprint density at radius 1 is 0.762 bits per heavy atom. The highest BCUT2D eigenvalue weighted by Crippen LogP contribution is 1.95. The van der Waals surface area contributed by atoms with E-state index in [0.717, 1.165) is 0 Å². The van der Waals surface area contributed by atoms with Crippen LogP contribution >= 0.6 is 0 Å². The van der Waals surface area contributed by atoms with Crippen molar-refractivity contribution in [3.05, 3.63) is 0 Å². The summed E-state index contributed by atoms with van der Waals surface area (Å²) in [7, 11) is 0. The molecular weight excluding hydrogens is 280 g/mol. The number of aldehydes is 2. The molecule has 0 aromatic heterocycles. The van der Waals surface area contributed by atoms with Crippen LogP contribution in [0.2, 0.25) is 0 Å². The third-order valence-corrected chi connectivity index (χ3v) is 2.44. The first-order valence-corrected chi connectivity index (χ1v) is 6.48. The summed E-state index contributed by atoms with van der Waals surface area (Å²) in [6, 6.07) is 0. The second kappa shape index (κ2) is 11.4. The van der Waals surface area contributed by atoms with Crippen molar-refractivity contribution in [1.29, 1.82) is 0 Å². The Kier molecular flexibility index (Phi) is 10.1. The minimum Gasteiger partial charge on any atom is -0.349 e. The van der Waals surface area contributed by atoms with Gasteiger partial charge in [0.15, 0.2) is 0 Å². The molecule has 2 amide bonds. The van der Waals surface area contributed by atoms with E-state index < -0.39 is 24.0 Å². The van der Waals surface area contributed by atoms with Crippen LogP contribution in [0.25, 0.3) is 0 Å². The van der Waals surface area contributed by atoms with Gasteiger partial charge in [-0.15, -0.1) is 0 Å². The van der Waals surface area contributed by atoms with E-state index in [-0.39, 0.29) is 44.6 Å². The summed E-state index contributed by atoms with van der Waals surface area (Å²) in [6.45, 7) is -0.476. The standard InChI is InChI=1S/C13H18N2O6/c16-7-2-3-10(18)11(19)9-15-13(21)5-1-4-12(20)14-6-8-17/h7-8H,1-6,9H2,(H,14,20)(H,15,21). The van der Waals surface area contributed by atoms with Crippen molar-refractivity contribution in [2.45, 2.75) is 32.1 Å². The van der Waals surface area contributed by atoms with E-state index in [9.17, 15) is 28.8 Å². The smallest absolute Gasteiger partial charge is 0.220 e. The second-order valence-corrected chi connectivity index (χ2v) is 4.15. The van der Waals surface area contributed by atoms with Crippen molar-refractivity contribution < 1.29 is 28.8 Å². The minimum absolute atomic E-state index is 0.0194. The predicted molar refractivity (Wildman–Crippen MR) is 71.2 cm³/mol. The van der Waals surface area contributed by atoms with Crippen molar-refractivity contribution in [1.82, 2.24) is 10.6 Å². The second-order valence-electron chi connectivity index (χ2n) is 4.15. The lowest BCUT2D eigenvalue weighted by molar-refractivity contribution is -0.137. The number of ketones is 2. The molecule has 0 saturated carbocycles. The summed E-state index contributed by atoms with van der Waals surface area (Å²) in [5.74, 6) is -2.24. The van der Waals surface area contributed by atoms with Crippen LogP contribution in [-0.2, 0) is 28.8 Å². The molecule has 0 aromatic carbocycles. The van der Waals surface area contributed by atoms with Gasteiger partial charge in [-0.25, -0.2) is 0 Å². The van der Waals surface area contributed by atoms with Crippen LogP contribution in [0, 0.1) is 0 Å². The monoisotopic (exact) mass is 298 g/mol. The number of nitrogens with one attached hydrogen (secondary N) is 2. The number of amides is 2. The maximum atomic E-state index is 11.4. The van der Waals surface area contributed by atoms with Crippen LogP contribution in [0.3, 0.4) is 0 Å². The molecule has 0 atom stereocenters. The van der Waals surface area contributed by atoms with Gasteiger partial charge in [0.2, 0.25) is 23.4 Å². The van der Waals surface area contributed by atoms with E-state index in [1.54, 1.807) is 0 Å². The van der Waals surface area contributed by atoms with Gasteiger partial charge < -0.3 is 20.2 Å². The van der Waals surface area contributed by atoms with E-state index in [1.807, 2.05) is 0 Å².